The molecule has 10 aromatic carbocycles. The van der Waals surface area contributed by atoms with E-state index in [9.17, 15) is 5.26 Å². The summed E-state index contributed by atoms with van der Waals surface area (Å²) in [5, 5.41) is 15.6. The second kappa shape index (κ2) is 22.9. The van der Waals surface area contributed by atoms with Gasteiger partial charge in [0, 0.05) is 68.6 Å². The molecule has 0 unspecified atom stereocenters. The fourth-order valence-corrected chi connectivity index (χ4v) is 13.3. The third-order valence-electron chi connectivity index (χ3n) is 17.7. The van der Waals surface area contributed by atoms with Crippen LogP contribution in [0.4, 0.5) is 13.2 Å². The van der Waals surface area contributed by atoms with Gasteiger partial charge in [-0.3, -0.25) is 19.9 Å². The second-order valence-corrected chi connectivity index (χ2v) is 23.3. The molecule has 10 heteroatoms. The van der Waals surface area contributed by atoms with Gasteiger partial charge >= 0.3 is 6.18 Å². The van der Waals surface area contributed by atoms with Crippen molar-refractivity contribution in [2.75, 3.05) is 0 Å². The molecule has 0 spiro atoms. The van der Waals surface area contributed by atoms with Crippen molar-refractivity contribution in [2.45, 2.75) is 13.1 Å². The molecule has 7 nitrogen and oxygen atoms in total. The van der Waals surface area contributed by atoms with Crippen LogP contribution in [0, 0.1) is 18.3 Å². The topological polar surface area (TPSA) is 85.2 Å². The van der Waals surface area contributed by atoms with Crippen LogP contribution in [-0.4, -0.2) is 29.1 Å². The van der Waals surface area contributed by atoms with Gasteiger partial charge in [-0.25, -0.2) is 0 Å². The Labute approximate surface area is 533 Å². The highest BCUT2D eigenvalue weighted by Gasteiger charge is 2.35. The zero-order valence-corrected chi connectivity index (χ0v) is 50.1. The zero-order chi connectivity index (χ0) is 62.7. The van der Waals surface area contributed by atoms with E-state index < -0.39 is 11.7 Å². The van der Waals surface area contributed by atoms with E-state index in [2.05, 4.69) is 112 Å². The molecule has 0 aliphatic heterocycles. The monoisotopic (exact) mass is 1200 g/mol. The summed E-state index contributed by atoms with van der Waals surface area (Å²) in [6.45, 7) is 1.71. The lowest BCUT2D eigenvalue weighted by molar-refractivity contribution is -0.137. The molecule has 0 aliphatic rings. The van der Waals surface area contributed by atoms with Crippen LogP contribution >= 0.6 is 0 Å². The van der Waals surface area contributed by atoms with Crippen molar-refractivity contribution in [1.82, 2.24) is 29.1 Å². The molecule has 0 atom stereocenters. The predicted octanol–water partition coefficient (Wildman–Crippen LogP) is 21.7. The van der Waals surface area contributed by atoms with Crippen molar-refractivity contribution in [1.29, 1.82) is 5.26 Å². The van der Waals surface area contributed by atoms with E-state index in [-0.39, 0.29) is 11.1 Å². The van der Waals surface area contributed by atoms with Crippen LogP contribution < -0.4 is 0 Å². The van der Waals surface area contributed by atoms with Gasteiger partial charge in [-0.05, 0) is 183 Å². The molecular formula is C83H52F3N7. The number of nitriles is 1. The molecule has 16 rings (SSSR count). The van der Waals surface area contributed by atoms with Crippen molar-refractivity contribution >= 4 is 43.6 Å². The first-order valence-electron chi connectivity index (χ1n) is 30.6. The van der Waals surface area contributed by atoms with E-state index in [0.717, 1.165) is 139 Å². The highest BCUT2D eigenvalue weighted by atomic mass is 19.4. The number of aryl methyl sites for hydroxylation is 1. The molecule has 16 aromatic rings. The van der Waals surface area contributed by atoms with Gasteiger partial charge in [0.15, 0.2) is 0 Å². The van der Waals surface area contributed by atoms with Crippen LogP contribution in [0.25, 0.3) is 156 Å². The Morgan fingerprint density at radius 2 is 0.613 bits per heavy atom. The quantitative estimate of drug-likeness (QED) is 0.129. The molecule has 440 valence electrons. The highest BCUT2D eigenvalue weighted by Crippen LogP contribution is 2.47. The Bertz CT molecular complexity index is 5050. The maximum atomic E-state index is 15.8. The van der Waals surface area contributed by atoms with Gasteiger partial charge in [0.1, 0.15) is 11.6 Å². The fourth-order valence-electron chi connectivity index (χ4n) is 13.3. The number of fused-ring (bicyclic) bond motifs is 6. The molecule has 0 fully saturated rings. The Hall–Kier alpha value is -12.3. The molecule has 0 N–H and O–H groups in total. The number of hydrogen-bond donors (Lipinski definition) is 0. The first kappa shape index (κ1) is 56.0. The normalized spacial score (nSPS) is 11.6. The van der Waals surface area contributed by atoms with E-state index in [4.69, 9.17) is 19.9 Å². The molecule has 0 radical (unpaired) electrons. The zero-order valence-electron chi connectivity index (χ0n) is 50.1. The van der Waals surface area contributed by atoms with Crippen molar-refractivity contribution in [3.8, 4) is 118 Å². The number of alkyl halides is 3. The molecule has 0 saturated heterocycles. The van der Waals surface area contributed by atoms with Crippen LogP contribution in [0.1, 0.15) is 16.7 Å². The van der Waals surface area contributed by atoms with Gasteiger partial charge in [0.2, 0.25) is 0 Å². The Kier molecular flexibility index (Phi) is 13.8. The van der Waals surface area contributed by atoms with Crippen molar-refractivity contribution in [3.05, 3.63) is 314 Å². The molecule has 0 aliphatic carbocycles. The number of benzene rings is 10. The van der Waals surface area contributed by atoms with Crippen LogP contribution in [-0.2, 0) is 6.18 Å². The summed E-state index contributed by atoms with van der Waals surface area (Å²) in [4.78, 5) is 19.0. The van der Waals surface area contributed by atoms with Gasteiger partial charge in [0.05, 0.1) is 61.8 Å². The Morgan fingerprint density at radius 3 is 0.903 bits per heavy atom. The molecule has 93 heavy (non-hydrogen) atoms. The van der Waals surface area contributed by atoms with Crippen molar-refractivity contribution in [3.63, 3.8) is 0 Å². The maximum Gasteiger partial charge on any atom is 0.417 e. The van der Waals surface area contributed by atoms with Gasteiger partial charge in [-0.15, -0.1) is 0 Å². The van der Waals surface area contributed by atoms with Crippen molar-refractivity contribution in [2.24, 2.45) is 0 Å². The molecular weight excluding hydrogens is 1150 g/mol. The lowest BCUT2D eigenvalue weighted by atomic mass is 9.92. The van der Waals surface area contributed by atoms with Gasteiger partial charge < -0.3 is 9.13 Å². The molecule has 0 amide bonds. The number of rotatable bonds is 11. The minimum atomic E-state index is -4.73. The van der Waals surface area contributed by atoms with E-state index in [0.29, 0.717) is 22.5 Å². The summed E-state index contributed by atoms with van der Waals surface area (Å²) in [6, 6.07) is 92.3. The third kappa shape index (κ3) is 10.1. The number of halogens is 3. The predicted molar refractivity (Wildman–Crippen MR) is 370 cm³/mol. The van der Waals surface area contributed by atoms with E-state index in [1.165, 1.54) is 6.07 Å². The number of pyridine rings is 4. The standard InChI is InChI=1S/C83H52F3N7/c1-52-15-14-24-71(83(84,85)86)82(52)65-49-80(92-76-29-25-57(61-33-37-88-72(45-61)53-16-6-2-7-17-53)41-66(76)67-42-58(26-30-77(67)92)62-34-38-89-73(46-62)54-18-8-3-9-19-54)70(51-87)81(50-65)93-78-31-27-59(63-35-39-90-74(47-63)55-20-10-4-11-21-55)43-68(78)69-44-60(28-32-79(69)93)64-36-40-91-75(48-64)56-22-12-5-13-23-56/h2-50H,1H3. The second-order valence-electron chi connectivity index (χ2n) is 23.3. The van der Waals surface area contributed by atoms with Gasteiger partial charge in [-0.2, -0.15) is 18.4 Å². The summed E-state index contributed by atoms with van der Waals surface area (Å²) in [5.41, 5.74) is 18.8. The van der Waals surface area contributed by atoms with Crippen LogP contribution in [0.15, 0.2) is 298 Å². The van der Waals surface area contributed by atoms with Crippen LogP contribution in [0.2, 0.25) is 0 Å². The molecule has 0 saturated carbocycles. The third-order valence-corrected chi connectivity index (χ3v) is 17.7. The summed E-state index contributed by atoms with van der Waals surface area (Å²) < 4.78 is 51.4. The molecule has 6 aromatic heterocycles. The minimum absolute atomic E-state index is 0.0188. The van der Waals surface area contributed by atoms with E-state index >= 15 is 13.2 Å². The van der Waals surface area contributed by atoms with Crippen LogP contribution in [0.3, 0.4) is 0 Å². The molecule has 6 heterocycles. The fraction of sp³-hybridized carbons (Fsp3) is 0.0241. The maximum absolute atomic E-state index is 15.8. The number of hydrogen-bond acceptors (Lipinski definition) is 5. The number of aromatic nitrogens is 6. The van der Waals surface area contributed by atoms with Crippen molar-refractivity contribution < 1.29 is 13.2 Å². The van der Waals surface area contributed by atoms with Gasteiger partial charge in [-0.1, -0.05) is 158 Å². The molecule has 0 bridgehead atoms. The lowest BCUT2D eigenvalue weighted by Gasteiger charge is -2.21. The van der Waals surface area contributed by atoms with Gasteiger partial charge in [0.25, 0.3) is 0 Å². The summed E-state index contributed by atoms with van der Waals surface area (Å²) in [7, 11) is 0. The summed E-state index contributed by atoms with van der Waals surface area (Å²) in [6.07, 6.45) is 2.56. The summed E-state index contributed by atoms with van der Waals surface area (Å²) in [5.74, 6) is 0. The number of nitrogens with zero attached hydrogens (tertiary/aromatic N) is 7. The smallest absolute Gasteiger partial charge is 0.308 e. The average molecular weight is 1200 g/mol. The minimum Gasteiger partial charge on any atom is -0.308 e. The SMILES string of the molecule is Cc1cccc(C(F)(F)F)c1-c1cc(-n2c3ccc(-c4ccnc(-c5ccccc5)c4)cc3c3cc(-c4ccnc(-c5ccccc5)c4)ccc32)c(C#N)c(-n2c3ccc(-c4ccnc(-c5ccccc5)c4)cc3c3cc(-c4ccnc(-c5ccccc5)c4)ccc32)c1. The largest absolute Gasteiger partial charge is 0.417 e. The summed E-state index contributed by atoms with van der Waals surface area (Å²) >= 11 is 0. The average Bonchev–Trinajstić information content (AvgIpc) is 1.59. The van der Waals surface area contributed by atoms with E-state index in [1.54, 1.807) is 25.1 Å². The Balaban J connectivity index is 0.973. The van der Waals surface area contributed by atoms with Crippen LogP contribution in [0.5, 0.6) is 0 Å². The van der Waals surface area contributed by atoms with E-state index in [1.807, 2.05) is 170 Å². The lowest BCUT2D eigenvalue weighted by Crippen LogP contribution is -2.10. The first-order chi connectivity index (χ1) is 45.6. The highest BCUT2D eigenvalue weighted by molar-refractivity contribution is 6.14. The first-order valence-corrected chi connectivity index (χ1v) is 30.6. The Morgan fingerprint density at radius 1 is 0.312 bits per heavy atom.